The van der Waals surface area contributed by atoms with Crippen LogP contribution in [0, 0.1) is 0 Å². The van der Waals surface area contributed by atoms with Gasteiger partial charge in [0.2, 0.25) is 21.8 Å². The molecule has 182 valence electrons. The van der Waals surface area contributed by atoms with Crippen LogP contribution in [-0.4, -0.2) is 50.2 Å². The summed E-state index contributed by atoms with van der Waals surface area (Å²) in [6.07, 6.45) is 5.80. The third kappa shape index (κ3) is 5.33. The first-order valence-electron chi connectivity index (χ1n) is 12.1. The van der Waals surface area contributed by atoms with Gasteiger partial charge in [-0.3, -0.25) is 14.5 Å². The number of hydrogen-bond acceptors (Lipinski definition) is 4. The normalized spacial score (nSPS) is 18.9. The number of sulfonamides is 1. The Balaban J connectivity index is 1.45. The standard InChI is InChI=1S/C26H33N3O4S/c1-20(30)29-24-14-13-23(34(32,33)28-16-7-2-3-8-17-28)18-22(24)19-25(29)26(31)27-15-9-12-21-10-5-4-6-11-21/h4-6,10-11,13-14,18,25H,2-3,7-9,12,15-17,19H2,1H3,(H,27,31)/t25-/m0/s1. The van der Waals surface area contributed by atoms with Gasteiger partial charge in [0.15, 0.2) is 0 Å². The Morgan fingerprint density at radius 1 is 1.00 bits per heavy atom. The van der Waals surface area contributed by atoms with Crippen molar-refractivity contribution in [3.8, 4) is 0 Å². The number of nitrogens with one attached hydrogen (secondary N) is 1. The van der Waals surface area contributed by atoms with Gasteiger partial charge in [-0.25, -0.2) is 8.42 Å². The Morgan fingerprint density at radius 2 is 1.71 bits per heavy atom. The number of aryl methyl sites for hydroxylation is 1. The zero-order chi connectivity index (χ0) is 24.1. The van der Waals surface area contributed by atoms with E-state index in [1.165, 1.54) is 17.4 Å². The number of anilines is 1. The molecule has 7 nitrogen and oxygen atoms in total. The maximum absolute atomic E-state index is 13.2. The molecule has 0 spiro atoms. The minimum atomic E-state index is -3.60. The zero-order valence-corrected chi connectivity index (χ0v) is 20.5. The highest BCUT2D eigenvalue weighted by molar-refractivity contribution is 7.89. The number of nitrogens with zero attached hydrogens (tertiary/aromatic N) is 2. The van der Waals surface area contributed by atoms with Crippen LogP contribution >= 0.6 is 0 Å². The summed E-state index contributed by atoms with van der Waals surface area (Å²) < 4.78 is 28.0. The monoisotopic (exact) mass is 483 g/mol. The van der Waals surface area contributed by atoms with Crippen molar-refractivity contribution < 1.29 is 18.0 Å². The first-order chi connectivity index (χ1) is 16.4. The number of fused-ring (bicyclic) bond motifs is 1. The van der Waals surface area contributed by atoms with Crippen LogP contribution in [-0.2, 0) is 32.5 Å². The van der Waals surface area contributed by atoms with Crippen LogP contribution in [0.2, 0.25) is 0 Å². The predicted octanol–water partition coefficient (Wildman–Crippen LogP) is 3.28. The number of benzene rings is 2. The fraction of sp³-hybridized carbons (Fsp3) is 0.462. The molecule has 2 amide bonds. The van der Waals surface area contributed by atoms with Crippen LogP contribution in [0.1, 0.15) is 50.2 Å². The molecule has 4 rings (SSSR count). The molecule has 2 aliphatic rings. The molecule has 1 N–H and O–H groups in total. The van der Waals surface area contributed by atoms with Crippen LogP contribution in [0.5, 0.6) is 0 Å². The average Bonchev–Trinajstić information content (AvgIpc) is 2.99. The van der Waals surface area contributed by atoms with Crippen molar-refractivity contribution >= 4 is 27.5 Å². The maximum Gasteiger partial charge on any atom is 0.243 e. The number of carbonyl (C=O) groups excluding carboxylic acids is 2. The van der Waals surface area contributed by atoms with Crippen molar-refractivity contribution in [2.45, 2.75) is 62.8 Å². The van der Waals surface area contributed by atoms with E-state index in [0.717, 1.165) is 44.1 Å². The van der Waals surface area contributed by atoms with Gasteiger partial charge in [0.25, 0.3) is 0 Å². The molecule has 2 heterocycles. The summed E-state index contributed by atoms with van der Waals surface area (Å²) in [6.45, 7) is 3.02. The van der Waals surface area contributed by atoms with E-state index in [4.69, 9.17) is 0 Å². The Morgan fingerprint density at radius 3 is 2.38 bits per heavy atom. The molecule has 0 aromatic heterocycles. The molecule has 2 aliphatic heterocycles. The molecule has 0 aliphatic carbocycles. The van der Waals surface area contributed by atoms with Gasteiger partial charge in [0.1, 0.15) is 6.04 Å². The van der Waals surface area contributed by atoms with Crippen LogP contribution in [0.3, 0.4) is 0 Å². The summed E-state index contributed by atoms with van der Waals surface area (Å²) in [5.41, 5.74) is 2.55. The molecule has 8 heteroatoms. The van der Waals surface area contributed by atoms with Crippen molar-refractivity contribution in [1.29, 1.82) is 0 Å². The van der Waals surface area contributed by atoms with E-state index in [-0.39, 0.29) is 16.7 Å². The Bertz CT molecular complexity index is 1130. The van der Waals surface area contributed by atoms with Crippen LogP contribution < -0.4 is 10.2 Å². The van der Waals surface area contributed by atoms with Gasteiger partial charge >= 0.3 is 0 Å². The highest BCUT2D eigenvalue weighted by atomic mass is 32.2. The Kier molecular flexibility index (Phi) is 7.68. The topological polar surface area (TPSA) is 86.8 Å². The quantitative estimate of drug-likeness (QED) is 0.613. The van der Waals surface area contributed by atoms with E-state index in [1.807, 2.05) is 18.2 Å². The zero-order valence-electron chi connectivity index (χ0n) is 19.7. The van der Waals surface area contributed by atoms with E-state index in [1.54, 1.807) is 22.5 Å². The van der Waals surface area contributed by atoms with Crippen molar-refractivity contribution in [1.82, 2.24) is 9.62 Å². The Labute approximate surface area is 202 Å². The van der Waals surface area contributed by atoms with E-state index in [2.05, 4.69) is 17.4 Å². The van der Waals surface area contributed by atoms with Gasteiger partial charge in [-0.2, -0.15) is 4.31 Å². The van der Waals surface area contributed by atoms with Gasteiger partial charge in [0.05, 0.1) is 4.90 Å². The smallest absolute Gasteiger partial charge is 0.243 e. The van der Waals surface area contributed by atoms with Gasteiger partial charge in [-0.15, -0.1) is 0 Å². The van der Waals surface area contributed by atoms with E-state index >= 15 is 0 Å². The minimum Gasteiger partial charge on any atom is -0.354 e. The summed E-state index contributed by atoms with van der Waals surface area (Å²) in [5, 5.41) is 2.96. The number of amides is 2. The summed E-state index contributed by atoms with van der Waals surface area (Å²) in [5.74, 6) is -0.442. The number of rotatable bonds is 7. The highest BCUT2D eigenvalue weighted by Gasteiger charge is 2.38. The van der Waals surface area contributed by atoms with Crippen LogP contribution in [0.25, 0.3) is 0 Å². The van der Waals surface area contributed by atoms with Crippen molar-refractivity contribution in [3.05, 3.63) is 59.7 Å². The molecule has 0 unspecified atom stereocenters. The van der Waals surface area contributed by atoms with Gasteiger partial charge in [-0.05, 0) is 55.0 Å². The lowest BCUT2D eigenvalue weighted by Gasteiger charge is -2.24. The minimum absolute atomic E-state index is 0.212. The molecule has 34 heavy (non-hydrogen) atoms. The number of hydrogen-bond donors (Lipinski definition) is 1. The first kappa shape index (κ1) is 24.4. The third-order valence-electron chi connectivity index (χ3n) is 6.66. The first-order valence-corrected chi connectivity index (χ1v) is 13.6. The van der Waals surface area contributed by atoms with Crippen molar-refractivity contribution in [2.24, 2.45) is 0 Å². The summed E-state index contributed by atoms with van der Waals surface area (Å²) in [4.78, 5) is 27.1. The number of carbonyl (C=O) groups is 2. The molecule has 0 bridgehead atoms. The predicted molar refractivity (Wildman–Crippen MR) is 132 cm³/mol. The van der Waals surface area contributed by atoms with Crippen LogP contribution in [0.4, 0.5) is 5.69 Å². The second kappa shape index (κ2) is 10.7. The summed E-state index contributed by atoms with van der Waals surface area (Å²) in [7, 11) is -3.60. The molecule has 0 saturated carbocycles. The highest BCUT2D eigenvalue weighted by Crippen LogP contribution is 2.35. The van der Waals surface area contributed by atoms with E-state index in [0.29, 0.717) is 31.7 Å². The molecule has 1 fully saturated rings. The summed E-state index contributed by atoms with van der Waals surface area (Å²) in [6, 6.07) is 14.3. The van der Waals surface area contributed by atoms with Crippen molar-refractivity contribution in [3.63, 3.8) is 0 Å². The molecule has 1 saturated heterocycles. The second-order valence-electron chi connectivity index (χ2n) is 9.10. The van der Waals surface area contributed by atoms with Gasteiger partial charge in [0, 0.05) is 38.7 Å². The van der Waals surface area contributed by atoms with E-state index in [9.17, 15) is 18.0 Å². The lowest BCUT2D eigenvalue weighted by atomic mass is 10.1. The van der Waals surface area contributed by atoms with E-state index < -0.39 is 16.1 Å². The second-order valence-corrected chi connectivity index (χ2v) is 11.0. The molecule has 0 radical (unpaired) electrons. The largest absolute Gasteiger partial charge is 0.354 e. The molecule has 1 atom stereocenters. The van der Waals surface area contributed by atoms with Crippen LogP contribution in [0.15, 0.2) is 53.4 Å². The van der Waals surface area contributed by atoms with Gasteiger partial charge < -0.3 is 5.32 Å². The maximum atomic E-state index is 13.2. The molecule has 2 aromatic rings. The molecular weight excluding hydrogens is 450 g/mol. The summed E-state index contributed by atoms with van der Waals surface area (Å²) >= 11 is 0. The Hall–Kier alpha value is -2.71. The average molecular weight is 484 g/mol. The third-order valence-corrected chi connectivity index (χ3v) is 8.56. The lowest BCUT2D eigenvalue weighted by molar-refractivity contribution is -0.125. The van der Waals surface area contributed by atoms with Crippen molar-refractivity contribution in [2.75, 3.05) is 24.5 Å². The van der Waals surface area contributed by atoms with Gasteiger partial charge in [-0.1, -0.05) is 43.2 Å². The fourth-order valence-electron chi connectivity index (χ4n) is 4.89. The fourth-order valence-corrected chi connectivity index (χ4v) is 6.45. The SMILES string of the molecule is CC(=O)N1c2ccc(S(=O)(=O)N3CCCCCC3)cc2C[C@H]1C(=O)NCCCc1ccccc1. The molecule has 2 aromatic carbocycles. The lowest BCUT2D eigenvalue weighted by Crippen LogP contribution is -2.47. The molecular formula is C26H33N3O4S.